The Morgan fingerprint density at radius 1 is 1.20 bits per heavy atom. The summed E-state index contributed by atoms with van der Waals surface area (Å²) in [7, 11) is 0. The molecule has 1 aliphatic rings. The maximum Gasteiger partial charge on any atom is 0.223 e. The molecule has 1 amide bonds. The van der Waals surface area contributed by atoms with E-state index in [4.69, 9.17) is 0 Å². The first kappa shape index (κ1) is 15.0. The Bertz CT molecular complexity index is 447. The first-order valence-electron chi connectivity index (χ1n) is 7.64. The molecule has 1 heterocycles. The van der Waals surface area contributed by atoms with Gasteiger partial charge in [0, 0.05) is 6.42 Å². The van der Waals surface area contributed by atoms with Crippen LogP contribution in [0.4, 0.5) is 0 Å². The van der Waals surface area contributed by atoms with Gasteiger partial charge in [-0.2, -0.15) is 0 Å². The van der Waals surface area contributed by atoms with E-state index < -0.39 is 5.60 Å². The van der Waals surface area contributed by atoms with Crippen molar-refractivity contribution in [3.63, 3.8) is 0 Å². The molecule has 0 atom stereocenters. The zero-order valence-corrected chi connectivity index (χ0v) is 12.6. The molecule has 1 N–H and O–H groups in total. The third kappa shape index (κ3) is 3.60. The quantitative estimate of drug-likeness (QED) is 0.867. The van der Waals surface area contributed by atoms with Crippen LogP contribution in [0.15, 0.2) is 24.3 Å². The van der Waals surface area contributed by atoms with Crippen molar-refractivity contribution in [3.8, 4) is 0 Å². The number of rotatable bonds is 6. The van der Waals surface area contributed by atoms with Gasteiger partial charge < -0.3 is 10.0 Å². The average molecular weight is 275 g/mol. The molecule has 0 radical (unpaired) electrons. The van der Waals surface area contributed by atoms with E-state index in [1.165, 1.54) is 11.1 Å². The van der Waals surface area contributed by atoms with Crippen LogP contribution < -0.4 is 0 Å². The van der Waals surface area contributed by atoms with Gasteiger partial charge in [0.1, 0.15) is 0 Å². The third-order valence-corrected chi connectivity index (χ3v) is 4.10. The molecule has 3 nitrogen and oxygen atoms in total. The number of carbonyl (C=O) groups is 1. The smallest absolute Gasteiger partial charge is 0.223 e. The summed E-state index contributed by atoms with van der Waals surface area (Å²) in [6, 6.07) is 8.47. The summed E-state index contributed by atoms with van der Waals surface area (Å²) in [5.41, 5.74) is 1.92. The number of hydrogen-bond donors (Lipinski definition) is 1. The van der Waals surface area contributed by atoms with Crippen molar-refractivity contribution in [1.82, 2.24) is 4.90 Å². The Balaban J connectivity index is 1.76. The minimum Gasteiger partial charge on any atom is -0.386 e. The van der Waals surface area contributed by atoms with Crippen molar-refractivity contribution < 1.29 is 9.90 Å². The van der Waals surface area contributed by atoms with Gasteiger partial charge in [0.25, 0.3) is 0 Å². The number of hydrogen-bond acceptors (Lipinski definition) is 2. The van der Waals surface area contributed by atoms with Crippen molar-refractivity contribution in [2.45, 2.75) is 51.6 Å². The van der Waals surface area contributed by atoms with Gasteiger partial charge in [-0.25, -0.2) is 0 Å². The van der Waals surface area contributed by atoms with Gasteiger partial charge in [-0.3, -0.25) is 4.79 Å². The second kappa shape index (κ2) is 6.40. The Morgan fingerprint density at radius 2 is 1.80 bits per heavy atom. The lowest BCUT2D eigenvalue weighted by Gasteiger charge is -2.46. The van der Waals surface area contributed by atoms with Crippen molar-refractivity contribution in [1.29, 1.82) is 0 Å². The standard InChI is InChI=1S/C17H25NO2/c1-3-11-17(20)12-18(13-17)16(19)10-9-15-7-5-14(4-2)6-8-15/h5-8,20H,3-4,9-13H2,1-2H3. The Hall–Kier alpha value is -1.35. The van der Waals surface area contributed by atoms with Crippen LogP contribution in [0.5, 0.6) is 0 Å². The van der Waals surface area contributed by atoms with E-state index in [9.17, 15) is 9.90 Å². The van der Waals surface area contributed by atoms with Gasteiger partial charge in [0.15, 0.2) is 0 Å². The van der Waals surface area contributed by atoms with E-state index in [1.54, 1.807) is 4.90 Å². The van der Waals surface area contributed by atoms with Crippen LogP contribution in [-0.2, 0) is 17.6 Å². The molecule has 0 unspecified atom stereocenters. The van der Waals surface area contributed by atoms with Crippen molar-refractivity contribution >= 4 is 5.91 Å². The fourth-order valence-corrected chi connectivity index (χ4v) is 2.82. The molecule has 0 aromatic heterocycles. The summed E-state index contributed by atoms with van der Waals surface area (Å²) in [5.74, 6) is 0.158. The molecule has 2 rings (SSSR count). The van der Waals surface area contributed by atoms with Gasteiger partial charge in [-0.1, -0.05) is 44.5 Å². The highest BCUT2D eigenvalue weighted by molar-refractivity contribution is 5.77. The SMILES string of the molecule is CCCC1(O)CN(C(=O)CCc2ccc(CC)cc2)C1. The molecule has 110 valence electrons. The maximum absolute atomic E-state index is 12.0. The molecule has 0 aliphatic carbocycles. The van der Waals surface area contributed by atoms with Crippen LogP contribution >= 0.6 is 0 Å². The largest absolute Gasteiger partial charge is 0.386 e. The van der Waals surface area contributed by atoms with Crippen LogP contribution in [0, 0.1) is 0 Å². The van der Waals surface area contributed by atoms with Crippen LogP contribution in [-0.4, -0.2) is 34.6 Å². The predicted molar refractivity (Wildman–Crippen MR) is 80.6 cm³/mol. The van der Waals surface area contributed by atoms with Crippen LogP contribution in [0.2, 0.25) is 0 Å². The molecule has 0 bridgehead atoms. The minimum absolute atomic E-state index is 0.158. The van der Waals surface area contributed by atoms with Gasteiger partial charge in [-0.05, 0) is 30.4 Å². The fraction of sp³-hybridized carbons (Fsp3) is 0.588. The van der Waals surface area contributed by atoms with E-state index >= 15 is 0 Å². The van der Waals surface area contributed by atoms with E-state index in [0.29, 0.717) is 19.5 Å². The number of carbonyl (C=O) groups excluding carboxylic acids is 1. The third-order valence-electron chi connectivity index (χ3n) is 4.10. The average Bonchev–Trinajstić information content (AvgIpc) is 2.43. The lowest BCUT2D eigenvalue weighted by molar-refractivity contribution is -0.156. The zero-order chi connectivity index (χ0) is 14.6. The van der Waals surface area contributed by atoms with Gasteiger partial charge in [0.2, 0.25) is 5.91 Å². The molecule has 1 fully saturated rings. The molecule has 3 heteroatoms. The highest BCUT2D eigenvalue weighted by Crippen LogP contribution is 2.26. The first-order valence-corrected chi connectivity index (χ1v) is 7.64. The summed E-state index contributed by atoms with van der Waals surface area (Å²) >= 11 is 0. The number of aryl methyl sites for hydroxylation is 2. The number of nitrogens with zero attached hydrogens (tertiary/aromatic N) is 1. The van der Waals surface area contributed by atoms with Gasteiger partial charge in [0.05, 0.1) is 18.7 Å². The monoisotopic (exact) mass is 275 g/mol. The number of β-amino-alcohol motifs (C(OH)–C–C–N with tert-alkyl or cyclic N) is 1. The number of likely N-dealkylation sites (tertiary alicyclic amines) is 1. The lowest BCUT2D eigenvalue weighted by Crippen LogP contribution is -2.63. The van der Waals surface area contributed by atoms with Crippen molar-refractivity contribution in [2.75, 3.05) is 13.1 Å². The summed E-state index contributed by atoms with van der Waals surface area (Å²) in [5, 5.41) is 10.1. The summed E-state index contributed by atoms with van der Waals surface area (Å²) in [4.78, 5) is 13.8. The summed E-state index contributed by atoms with van der Waals surface area (Å²) < 4.78 is 0. The Kier molecular flexibility index (Phi) is 4.81. The number of aliphatic hydroxyl groups is 1. The van der Waals surface area contributed by atoms with Crippen LogP contribution in [0.3, 0.4) is 0 Å². The highest BCUT2D eigenvalue weighted by atomic mass is 16.3. The van der Waals surface area contributed by atoms with E-state index in [2.05, 4.69) is 38.1 Å². The molecule has 1 saturated heterocycles. The maximum atomic E-state index is 12.0. The Morgan fingerprint density at radius 3 is 2.35 bits per heavy atom. The second-order valence-corrected chi connectivity index (χ2v) is 5.89. The van der Waals surface area contributed by atoms with E-state index in [0.717, 1.165) is 25.7 Å². The minimum atomic E-state index is -0.618. The molecular weight excluding hydrogens is 250 g/mol. The van der Waals surface area contributed by atoms with Crippen LogP contribution in [0.25, 0.3) is 0 Å². The van der Waals surface area contributed by atoms with E-state index in [1.807, 2.05) is 0 Å². The highest BCUT2D eigenvalue weighted by Gasteiger charge is 2.42. The Labute approximate surface area is 121 Å². The molecule has 20 heavy (non-hydrogen) atoms. The number of benzene rings is 1. The molecule has 1 aliphatic heterocycles. The summed E-state index contributed by atoms with van der Waals surface area (Å²) in [6.07, 6.45) is 4.11. The first-order chi connectivity index (χ1) is 9.56. The van der Waals surface area contributed by atoms with Gasteiger partial charge in [-0.15, -0.1) is 0 Å². The fourth-order valence-electron chi connectivity index (χ4n) is 2.82. The summed E-state index contributed by atoms with van der Waals surface area (Å²) in [6.45, 7) is 5.21. The van der Waals surface area contributed by atoms with E-state index in [-0.39, 0.29) is 5.91 Å². The van der Waals surface area contributed by atoms with Crippen molar-refractivity contribution in [3.05, 3.63) is 35.4 Å². The zero-order valence-electron chi connectivity index (χ0n) is 12.6. The topological polar surface area (TPSA) is 40.5 Å². The normalized spacial score (nSPS) is 16.9. The molecule has 1 aromatic rings. The van der Waals surface area contributed by atoms with Crippen LogP contribution in [0.1, 0.15) is 44.2 Å². The van der Waals surface area contributed by atoms with Crippen molar-refractivity contribution in [2.24, 2.45) is 0 Å². The van der Waals surface area contributed by atoms with Gasteiger partial charge >= 0.3 is 0 Å². The second-order valence-electron chi connectivity index (χ2n) is 5.89. The molecule has 0 spiro atoms. The number of amides is 1. The molecule has 0 saturated carbocycles. The molecule has 1 aromatic carbocycles. The lowest BCUT2D eigenvalue weighted by atomic mass is 9.89. The predicted octanol–water partition coefficient (Wildman–Crippen LogP) is 2.56. The molecular formula is C17H25NO2.